The molecule has 1 unspecified atom stereocenters. The maximum atomic E-state index is 12.5. The molecular weight excluding hydrogens is 439 g/mol. The predicted octanol–water partition coefficient (Wildman–Crippen LogP) is 3.08. The van der Waals surface area contributed by atoms with Crippen molar-refractivity contribution in [3.05, 3.63) is 58.1 Å². The zero-order valence-electron chi connectivity index (χ0n) is 16.5. The molecule has 2 aromatic carbocycles. The normalized spacial score (nSPS) is 11.9. The molecule has 2 aromatic rings. The van der Waals surface area contributed by atoms with Crippen molar-refractivity contribution in [2.45, 2.75) is 19.4 Å². The number of amides is 1. The van der Waals surface area contributed by atoms with E-state index in [0.29, 0.717) is 0 Å². The Morgan fingerprint density at radius 2 is 1.84 bits per heavy atom. The van der Waals surface area contributed by atoms with Crippen LogP contribution in [0.1, 0.15) is 17.3 Å². The predicted molar refractivity (Wildman–Crippen MR) is 105 cm³/mol. The van der Waals surface area contributed by atoms with Gasteiger partial charge in [-0.15, -0.1) is 13.2 Å². The highest BCUT2D eigenvalue weighted by molar-refractivity contribution is 6.00. The molecule has 0 aliphatic carbocycles. The summed E-state index contributed by atoms with van der Waals surface area (Å²) in [6.45, 7) is 1.03. The van der Waals surface area contributed by atoms with E-state index in [9.17, 15) is 32.9 Å². The van der Waals surface area contributed by atoms with Crippen LogP contribution in [0.4, 0.5) is 30.2 Å². The van der Waals surface area contributed by atoms with Gasteiger partial charge < -0.3 is 25.2 Å². The Kier molecular flexibility index (Phi) is 7.96. The van der Waals surface area contributed by atoms with Crippen LogP contribution in [-0.2, 0) is 9.53 Å². The summed E-state index contributed by atoms with van der Waals surface area (Å²) in [7, 11) is 0. The minimum Gasteiger partial charge on any atom is -0.449 e. The Bertz CT molecular complexity index is 981. The minimum atomic E-state index is -4.86. The lowest BCUT2D eigenvalue weighted by Crippen LogP contribution is -2.30. The number of rotatable bonds is 9. The third-order valence-electron chi connectivity index (χ3n) is 3.87. The van der Waals surface area contributed by atoms with Crippen molar-refractivity contribution in [2.75, 3.05) is 23.8 Å². The first-order chi connectivity index (χ1) is 15.0. The number of esters is 1. The summed E-state index contributed by atoms with van der Waals surface area (Å²) in [6, 6.07) is 7.67. The van der Waals surface area contributed by atoms with E-state index < -0.39 is 35.0 Å². The van der Waals surface area contributed by atoms with E-state index in [0.717, 1.165) is 36.4 Å². The molecule has 10 nitrogen and oxygen atoms in total. The average molecular weight is 457 g/mol. The first-order valence-corrected chi connectivity index (χ1v) is 9.01. The molecule has 1 amide bonds. The number of hydrogen-bond acceptors (Lipinski definition) is 8. The van der Waals surface area contributed by atoms with Crippen molar-refractivity contribution in [1.82, 2.24) is 0 Å². The number of benzene rings is 2. The fraction of sp³-hybridized carbons (Fsp3) is 0.263. The standard InChI is InChI=1S/C19H18F3N3O7/c1-11(17(27)24-12-2-5-14(6-3-12)32-19(20,21)22)31-18(28)15-10-13(25(29)30)4-7-16(15)23-8-9-26/h2-7,10-11,23,26H,8-9H2,1H3,(H,24,27). The van der Waals surface area contributed by atoms with Gasteiger partial charge in [0.25, 0.3) is 11.6 Å². The van der Waals surface area contributed by atoms with Crippen molar-refractivity contribution >= 4 is 28.9 Å². The molecule has 2 rings (SSSR count). The maximum Gasteiger partial charge on any atom is 0.573 e. The zero-order chi connectivity index (χ0) is 23.9. The highest BCUT2D eigenvalue weighted by Gasteiger charge is 2.31. The van der Waals surface area contributed by atoms with Crippen LogP contribution in [0.5, 0.6) is 5.75 Å². The molecule has 172 valence electrons. The van der Waals surface area contributed by atoms with Crippen LogP contribution in [0.2, 0.25) is 0 Å². The van der Waals surface area contributed by atoms with E-state index >= 15 is 0 Å². The molecule has 0 fully saturated rings. The number of aliphatic hydroxyl groups excluding tert-OH is 1. The van der Waals surface area contributed by atoms with Crippen LogP contribution in [0.15, 0.2) is 42.5 Å². The van der Waals surface area contributed by atoms with Crippen LogP contribution in [-0.4, -0.2) is 47.5 Å². The number of non-ortho nitro benzene ring substituents is 1. The van der Waals surface area contributed by atoms with E-state index in [-0.39, 0.29) is 35.8 Å². The number of carbonyl (C=O) groups excluding carboxylic acids is 2. The third-order valence-corrected chi connectivity index (χ3v) is 3.87. The van der Waals surface area contributed by atoms with Gasteiger partial charge in [0.05, 0.1) is 17.1 Å². The molecule has 0 saturated heterocycles. The van der Waals surface area contributed by atoms with E-state index in [1.165, 1.54) is 13.0 Å². The summed E-state index contributed by atoms with van der Waals surface area (Å²) in [5.74, 6) is -2.31. The Morgan fingerprint density at radius 1 is 1.19 bits per heavy atom. The Morgan fingerprint density at radius 3 is 2.41 bits per heavy atom. The number of halogens is 3. The Balaban J connectivity index is 2.07. The second kappa shape index (κ2) is 10.4. The molecular formula is C19H18F3N3O7. The number of nitrogens with one attached hydrogen (secondary N) is 2. The average Bonchev–Trinajstić information content (AvgIpc) is 2.72. The maximum absolute atomic E-state index is 12.5. The number of nitro groups is 1. The van der Waals surface area contributed by atoms with E-state index in [1.807, 2.05) is 0 Å². The van der Waals surface area contributed by atoms with Crippen molar-refractivity contribution in [1.29, 1.82) is 0 Å². The lowest BCUT2D eigenvalue weighted by Gasteiger charge is -2.16. The summed E-state index contributed by atoms with van der Waals surface area (Å²) in [5.41, 5.74) is -0.332. The molecule has 0 saturated carbocycles. The van der Waals surface area contributed by atoms with Gasteiger partial charge in [0.15, 0.2) is 6.10 Å². The molecule has 0 heterocycles. The Labute approximate surface area is 179 Å². The molecule has 0 radical (unpaired) electrons. The molecule has 0 spiro atoms. The number of aliphatic hydroxyl groups is 1. The minimum absolute atomic E-state index is 0.0577. The number of ether oxygens (including phenoxy) is 2. The molecule has 13 heteroatoms. The molecule has 0 aliphatic rings. The van der Waals surface area contributed by atoms with Crippen molar-refractivity contribution in [3.63, 3.8) is 0 Å². The van der Waals surface area contributed by atoms with Gasteiger partial charge in [0, 0.05) is 30.1 Å². The van der Waals surface area contributed by atoms with E-state index in [1.54, 1.807) is 0 Å². The fourth-order valence-corrected chi connectivity index (χ4v) is 2.42. The monoisotopic (exact) mass is 457 g/mol. The zero-order valence-corrected chi connectivity index (χ0v) is 16.5. The fourth-order valence-electron chi connectivity index (χ4n) is 2.42. The topological polar surface area (TPSA) is 140 Å². The number of carbonyl (C=O) groups is 2. The van der Waals surface area contributed by atoms with Crippen LogP contribution < -0.4 is 15.4 Å². The Hall–Kier alpha value is -3.87. The number of nitro benzene ring substituents is 1. The van der Waals surface area contributed by atoms with Gasteiger partial charge in [-0.05, 0) is 37.3 Å². The first kappa shape index (κ1) is 24.4. The van der Waals surface area contributed by atoms with Crippen LogP contribution in [0.25, 0.3) is 0 Å². The van der Waals surface area contributed by atoms with Gasteiger partial charge in [-0.1, -0.05) is 0 Å². The molecule has 0 bridgehead atoms. The quantitative estimate of drug-likeness (QED) is 0.297. The highest BCUT2D eigenvalue weighted by Crippen LogP contribution is 2.25. The van der Waals surface area contributed by atoms with Gasteiger partial charge in [0.1, 0.15) is 5.75 Å². The van der Waals surface area contributed by atoms with Crippen molar-refractivity contribution in [3.8, 4) is 5.75 Å². The molecule has 0 aliphatic heterocycles. The summed E-state index contributed by atoms with van der Waals surface area (Å²) >= 11 is 0. The summed E-state index contributed by atoms with van der Waals surface area (Å²) in [6.07, 6.45) is -6.20. The van der Waals surface area contributed by atoms with Gasteiger partial charge >= 0.3 is 12.3 Å². The van der Waals surface area contributed by atoms with Gasteiger partial charge in [-0.25, -0.2) is 4.79 Å². The second-order valence-electron chi connectivity index (χ2n) is 6.25. The SMILES string of the molecule is CC(OC(=O)c1cc([N+](=O)[O-])ccc1NCCO)C(=O)Nc1ccc(OC(F)(F)F)cc1. The molecule has 32 heavy (non-hydrogen) atoms. The van der Waals surface area contributed by atoms with Gasteiger partial charge in [-0.2, -0.15) is 0 Å². The molecule has 0 aromatic heterocycles. The third kappa shape index (κ3) is 7.12. The molecule has 3 N–H and O–H groups in total. The smallest absolute Gasteiger partial charge is 0.449 e. The van der Waals surface area contributed by atoms with Crippen molar-refractivity contribution in [2.24, 2.45) is 0 Å². The van der Waals surface area contributed by atoms with Crippen LogP contribution in [0.3, 0.4) is 0 Å². The van der Waals surface area contributed by atoms with E-state index in [4.69, 9.17) is 9.84 Å². The summed E-state index contributed by atoms with van der Waals surface area (Å²) in [4.78, 5) is 35.0. The first-order valence-electron chi connectivity index (χ1n) is 9.01. The number of alkyl halides is 3. The van der Waals surface area contributed by atoms with Crippen LogP contribution >= 0.6 is 0 Å². The molecule has 1 atom stereocenters. The van der Waals surface area contributed by atoms with E-state index in [2.05, 4.69) is 15.4 Å². The lowest BCUT2D eigenvalue weighted by atomic mass is 10.1. The van der Waals surface area contributed by atoms with Crippen LogP contribution in [0, 0.1) is 10.1 Å². The summed E-state index contributed by atoms with van der Waals surface area (Å²) < 4.78 is 45.4. The number of hydrogen-bond donors (Lipinski definition) is 3. The highest BCUT2D eigenvalue weighted by atomic mass is 19.4. The summed E-state index contributed by atoms with van der Waals surface area (Å²) in [5, 5.41) is 25.0. The number of nitrogens with zero attached hydrogens (tertiary/aromatic N) is 1. The second-order valence-corrected chi connectivity index (χ2v) is 6.25. The largest absolute Gasteiger partial charge is 0.573 e. The number of anilines is 2. The van der Waals surface area contributed by atoms with Crippen molar-refractivity contribution < 1.29 is 42.3 Å². The lowest BCUT2D eigenvalue weighted by molar-refractivity contribution is -0.384. The van der Waals surface area contributed by atoms with Gasteiger partial charge in [0.2, 0.25) is 0 Å². The van der Waals surface area contributed by atoms with Gasteiger partial charge in [-0.3, -0.25) is 14.9 Å².